The number of nitrogens with zero attached hydrogens (tertiary/aromatic N) is 1. The third-order valence-electron chi connectivity index (χ3n) is 3.20. The average molecular weight is 322 g/mol. The van der Waals surface area contributed by atoms with Crippen LogP contribution in [0, 0.1) is 12.7 Å². The van der Waals surface area contributed by atoms with Crippen LogP contribution in [-0.2, 0) is 19.9 Å². The van der Waals surface area contributed by atoms with Crippen molar-refractivity contribution < 1.29 is 21.2 Å². The maximum Gasteiger partial charge on any atom is 0.243 e. The molecule has 0 unspecified atom stereocenters. The zero-order chi connectivity index (χ0) is 15.1. The number of sulfone groups is 1. The van der Waals surface area contributed by atoms with Gasteiger partial charge in [0.1, 0.15) is 5.82 Å². The van der Waals surface area contributed by atoms with Gasteiger partial charge in [0.2, 0.25) is 10.0 Å². The fraction of sp³-hybridized carbons (Fsp3) is 0.455. The van der Waals surface area contributed by atoms with Crippen molar-refractivity contribution in [1.82, 2.24) is 4.31 Å². The minimum absolute atomic E-state index is 0.0962. The van der Waals surface area contributed by atoms with Gasteiger partial charge in [0.15, 0.2) is 9.84 Å². The first-order valence-corrected chi connectivity index (χ1v) is 9.16. The van der Waals surface area contributed by atoms with Gasteiger partial charge >= 0.3 is 0 Å². The fourth-order valence-corrected chi connectivity index (χ4v) is 4.99. The Bertz CT molecular complexity index is 707. The van der Waals surface area contributed by atoms with Crippen LogP contribution in [0.3, 0.4) is 0 Å². The van der Waals surface area contributed by atoms with E-state index < -0.39 is 25.7 Å². The third-order valence-corrected chi connectivity index (χ3v) is 6.68. The van der Waals surface area contributed by atoms with E-state index in [1.54, 1.807) is 0 Å². The SMILES string of the molecule is Cc1cc(S(=O)(=O)N2CCS(=O)(=O)CC2)cc(N)c1F. The van der Waals surface area contributed by atoms with Crippen LogP contribution in [0.15, 0.2) is 17.0 Å². The molecule has 1 aromatic carbocycles. The largest absolute Gasteiger partial charge is 0.396 e. The van der Waals surface area contributed by atoms with E-state index in [4.69, 9.17) is 5.73 Å². The van der Waals surface area contributed by atoms with Crippen molar-refractivity contribution in [3.05, 3.63) is 23.5 Å². The van der Waals surface area contributed by atoms with Gasteiger partial charge in [0.25, 0.3) is 0 Å². The van der Waals surface area contributed by atoms with Crippen LogP contribution in [0.5, 0.6) is 0 Å². The van der Waals surface area contributed by atoms with Crippen LogP contribution in [0.4, 0.5) is 10.1 Å². The number of anilines is 1. The van der Waals surface area contributed by atoms with E-state index in [1.165, 1.54) is 13.0 Å². The van der Waals surface area contributed by atoms with E-state index in [0.29, 0.717) is 0 Å². The Kier molecular flexibility index (Phi) is 3.78. The molecule has 6 nitrogen and oxygen atoms in total. The van der Waals surface area contributed by atoms with Gasteiger partial charge in [0, 0.05) is 13.1 Å². The molecule has 112 valence electrons. The summed E-state index contributed by atoms with van der Waals surface area (Å²) in [5.74, 6) is -1.06. The predicted octanol–water partition coefficient (Wildman–Crippen LogP) is 0.135. The molecule has 0 atom stereocenters. The highest BCUT2D eigenvalue weighted by molar-refractivity contribution is 7.92. The molecule has 0 bridgehead atoms. The van der Waals surface area contributed by atoms with Crippen LogP contribution in [0.25, 0.3) is 0 Å². The van der Waals surface area contributed by atoms with E-state index in [1.807, 2.05) is 0 Å². The van der Waals surface area contributed by atoms with Gasteiger partial charge in [-0.25, -0.2) is 21.2 Å². The zero-order valence-corrected chi connectivity index (χ0v) is 12.5. The van der Waals surface area contributed by atoms with Crippen molar-refractivity contribution in [1.29, 1.82) is 0 Å². The molecule has 2 N–H and O–H groups in total. The maximum absolute atomic E-state index is 13.4. The Balaban J connectivity index is 2.37. The highest BCUT2D eigenvalue weighted by Gasteiger charge is 2.31. The molecule has 2 rings (SSSR count). The van der Waals surface area contributed by atoms with Crippen molar-refractivity contribution in [2.24, 2.45) is 0 Å². The summed E-state index contributed by atoms with van der Waals surface area (Å²) < 4.78 is 61.9. The number of halogens is 1. The average Bonchev–Trinajstić information content (AvgIpc) is 2.34. The van der Waals surface area contributed by atoms with E-state index in [-0.39, 0.29) is 40.7 Å². The second-order valence-corrected chi connectivity index (χ2v) is 8.94. The first-order valence-electron chi connectivity index (χ1n) is 5.90. The summed E-state index contributed by atoms with van der Waals surface area (Å²) in [5, 5.41) is 0. The second kappa shape index (κ2) is 4.97. The molecule has 1 aliphatic heterocycles. The van der Waals surface area contributed by atoms with Crippen molar-refractivity contribution >= 4 is 25.5 Å². The van der Waals surface area contributed by atoms with Crippen LogP contribution >= 0.6 is 0 Å². The molecule has 1 fully saturated rings. The number of aryl methyl sites for hydroxylation is 1. The van der Waals surface area contributed by atoms with Crippen molar-refractivity contribution in [3.8, 4) is 0 Å². The monoisotopic (exact) mass is 322 g/mol. The number of benzene rings is 1. The van der Waals surface area contributed by atoms with Crippen LogP contribution < -0.4 is 5.73 Å². The number of hydrogen-bond acceptors (Lipinski definition) is 5. The lowest BCUT2D eigenvalue weighted by Crippen LogP contribution is -2.43. The van der Waals surface area contributed by atoms with E-state index in [9.17, 15) is 21.2 Å². The minimum atomic E-state index is -3.85. The van der Waals surface area contributed by atoms with Crippen LogP contribution in [0.2, 0.25) is 0 Å². The first-order chi connectivity index (χ1) is 9.13. The lowest BCUT2D eigenvalue weighted by molar-refractivity contribution is 0.430. The quantitative estimate of drug-likeness (QED) is 0.781. The Hall–Kier alpha value is -1.19. The predicted molar refractivity (Wildman–Crippen MR) is 73.0 cm³/mol. The normalized spacial score (nSPS) is 19.9. The highest BCUT2D eigenvalue weighted by atomic mass is 32.2. The molecule has 1 aromatic rings. The molecule has 0 spiro atoms. The van der Waals surface area contributed by atoms with Gasteiger partial charge in [-0.15, -0.1) is 0 Å². The summed E-state index contributed by atoms with van der Waals surface area (Å²) in [4.78, 5) is -0.117. The smallest absolute Gasteiger partial charge is 0.243 e. The molecule has 0 amide bonds. The zero-order valence-electron chi connectivity index (χ0n) is 10.8. The molecule has 0 radical (unpaired) electrons. The van der Waals surface area contributed by atoms with Gasteiger partial charge in [-0.05, 0) is 24.6 Å². The highest BCUT2D eigenvalue weighted by Crippen LogP contribution is 2.24. The van der Waals surface area contributed by atoms with Gasteiger partial charge in [-0.2, -0.15) is 4.31 Å². The second-order valence-electron chi connectivity index (χ2n) is 4.70. The Labute approximate surface area is 117 Å². The summed E-state index contributed by atoms with van der Waals surface area (Å²) in [5.41, 5.74) is 5.33. The molecule has 20 heavy (non-hydrogen) atoms. The molecule has 1 saturated heterocycles. The molecular weight excluding hydrogens is 307 g/mol. The van der Waals surface area contributed by atoms with Gasteiger partial charge < -0.3 is 5.73 Å². The molecule has 1 aliphatic rings. The number of nitrogen functional groups attached to an aromatic ring is 1. The van der Waals surface area contributed by atoms with Gasteiger partial charge in [-0.3, -0.25) is 0 Å². The number of nitrogens with two attached hydrogens (primary N) is 1. The molecular formula is C11H15FN2O4S2. The standard InChI is InChI=1S/C11H15FN2O4S2/c1-8-6-9(7-10(13)11(8)12)20(17,18)14-2-4-19(15,16)5-3-14/h6-7H,2-5,13H2,1H3. The Morgan fingerprint density at radius 1 is 1.25 bits per heavy atom. The third kappa shape index (κ3) is 2.79. The minimum Gasteiger partial charge on any atom is -0.396 e. The summed E-state index contributed by atoms with van der Waals surface area (Å²) >= 11 is 0. The van der Waals surface area contributed by atoms with Crippen molar-refractivity contribution in [3.63, 3.8) is 0 Å². The van der Waals surface area contributed by atoms with Crippen molar-refractivity contribution in [2.45, 2.75) is 11.8 Å². The van der Waals surface area contributed by atoms with Gasteiger partial charge in [-0.1, -0.05) is 0 Å². The molecule has 0 aliphatic carbocycles. The van der Waals surface area contributed by atoms with E-state index in [0.717, 1.165) is 10.4 Å². The fourth-order valence-electron chi connectivity index (χ4n) is 2.00. The molecule has 9 heteroatoms. The number of rotatable bonds is 2. The summed E-state index contributed by atoms with van der Waals surface area (Å²) in [7, 11) is -7.02. The summed E-state index contributed by atoms with van der Waals surface area (Å²) in [6, 6.07) is 2.25. The molecule has 0 aromatic heterocycles. The maximum atomic E-state index is 13.4. The van der Waals surface area contributed by atoms with E-state index >= 15 is 0 Å². The topological polar surface area (TPSA) is 97.5 Å². The Morgan fingerprint density at radius 2 is 1.80 bits per heavy atom. The van der Waals surface area contributed by atoms with Crippen LogP contribution in [0.1, 0.15) is 5.56 Å². The number of hydrogen-bond donors (Lipinski definition) is 1. The first kappa shape index (κ1) is 15.2. The summed E-state index contributed by atoms with van der Waals surface area (Å²) in [6.45, 7) is 1.23. The van der Waals surface area contributed by atoms with Crippen LogP contribution in [-0.4, -0.2) is 45.7 Å². The van der Waals surface area contributed by atoms with Crippen molar-refractivity contribution in [2.75, 3.05) is 30.3 Å². The van der Waals surface area contributed by atoms with Gasteiger partial charge in [0.05, 0.1) is 22.1 Å². The van der Waals surface area contributed by atoms with E-state index in [2.05, 4.69) is 0 Å². The Morgan fingerprint density at radius 3 is 2.30 bits per heavy atom. The lowest BCUT2D eigenvalue weighted by atomic mass is 10.2. The number of sulfonamides is 1. The summed E-state index contributed by atoms with van der Waals surface area (Å²) in [6.07, 6.45) is 0. The molecule has 1 heterocycles. The lowest BCUT2D eigenvalue weighted by Gasteiger charge is -2.26. The molecule has 0 saturated carbocycles.